The number of rotatable bonds is 6. The van der Waals surface area contributed by atoms with Crippen molar-refractivity contribution in [2.24, 2.45) is 0 Å². The largest absolute Gasteiger partial charge is 0.494 e. The van der Waals surface area contributed by atoms with E-state index >= 15 is 0 Å². The SMILES string of the molecule is CCCOc1ccc(Oc2ccnc(NC)n2)cc1. The van der Waals surface area contributed by atoms with Crippen LogP contribution in [0.25, 0.3) is 0 Å². The van der Waals surface area contributed by atoms with Crippen molar-refractivity contribution in [2.75, 3.05) is 19.0 Å². The molecule has 0 radical (unpaired) electrons. The molecule has 0 spiro atoms. The van der Waals surface area contributed by atoms with Gasteiger partial charge in [0.1, 0.15) is 11.5 Å². The highest BCUT2D eigenvalue weighted by Gasteiger charge is 2.01. The first-order valence-corrected chi connectivity index (χ1v) is 6.23. The fourth-order valence-electron chi connectivity index (χ4n) is 1.46. The van der Waals surface area contributed by atoms with Crippen molar-refractivity contribution in [1.82, 2.24) is 9.97 Å². The molecule has 100 valence electrons. The lowest BCUT2D eigenvalue weighted by atomic mass is 10.3. The van der Waals surface area contributed by atoms with Crippen molar-refractivity contribution in [3.8, 4) is 17.4 Å². The van der Waals surface area contributed by atoms with Crippen LogP contribution < -0.4 is 14.8 Å². The van der Waals surface area contributed by atoms with Crippen molar-refractivity contribution >= 4 is 5.95 Å². The van der Waals surface area contributed by atoms with Crippen LogP contribution in [0.5, 0.6) is 17.4 Å². The molecular weight excluding hydrogens is 242 g/mol. The first kappa shape index (κ1) is 13.1. The molecule has 0 aliphatic heterocycles. The van der Waals surface area contributed by atoms with E-state index in [-0.39, 0.29) is 0 Å². The molecule has 19 heavy (non-hydrogen) atoms. The summed E-state index contributed by atoms with van der Waals surface area (Å²) in [5.41, 5.74) is 0. The maximum absolute atomic E-state index is 5.63. The van der Waals surface area contributed by atoms with Gasteiger partial charge < -0.3 is 14.8 Å². The van der Waals surface area contributed by atoms with Gasteiger partial charge in [-0.15, -0.1) is 0 Å². The molecular formula is C14H17N3O2. The minimum absolute atomic E-state index is 0.501. The van der Waals surface area contributed by atoms with Gasteiger partial charge in [-0.1, -0.05) is 6.92 Å². The van der Waals surface area contributed by atoms with Crippen LogP contribution in [-0.2, 0) is 0 Å². The normalized spacial score (nSPS) is 10.0. The number of aromatic nitrogens is 2. The number of hydrogen-bond donors (Lipinski definition) is 1. The third kappa shape index (κ3) is 3.84. The predicted octanol–water partition coefficient (Wildman–Crippen LogP) is 3.10. The number of hydrogen-bond acceptors (Lipinski definition) is 5. The van der Waals surface area contributed by atoms with Gasteiger partial charge in [0.15, 0.2) is 0 Å². The quantitative estimate of drug-likeness (QED) is 0.863. The number of nitrogens with one attached hydrogen (secondary N) is 1. The lowest BCUT2D eigenvalue weighted by Crippen LogP contribution is -1.97. The number of ether oxygens (including phenoxy) is 2. The standard InChI is InChI=1S/C14H17N3O2/c1-3-10-18-11-4-6-12(7-5-11)19-13-8-9-16-14(15-2)17-13/h4-9H,3,10H2,1-2H3,(H,15,16,17). The first-order chi connectivity index (χ1) is 9.31. The summed E-state index contributed by atoms with van der Waals surface area (Å²) in [5, 5.41) is 2.86. The zero-order valence-electron chi connectivity index (χ0n) is 11.1. The van der Waals surface area contributed by atoms with E-state index in [2.05, 4.69) is 22.2 Å². The first-order valence-electron chi connectivity index (χ1n) is 6.23. The summed E-state index contributed by atoms with van der Waals surface area (Å²) in [6.07, 6.45) is 2.64. The zero-order valence-corrected chi connectivity index (χ0v) is 11.1. The second kappa shape index (κ2) is 6.58. The molecule has 0 bridgehead atoms. The Morgan fingerprint density at radius 1 is 1.11 bits per heavy atom. The maximum Gasteiger partial charge on any atom is 0.225 e. The second-order valence-electron chi connectivity index (χ2n) is 3.89. The van der Waals surface area contributed by atoms with E-state index in [1.165, 1.54) is 0 Å². The van der Waals surface area contributed by atoms with Crippen molar-refractivity contribution in [3.63, 3.8) is 0 Å². The zero-order chi connectivity index (χ0) is 13.5. The van der Waals surface area contributed by atoms with Gasteiger partial charge in [0.2, 0.25) is 11.8 Å². The van der Waals surface area contributed by atoms with E-state index in [0.717, 1.165) is 18.8 Å². The van der Waals surface area contributed by atoms with Crippen LogP contribution in [0.2, 0.25) is 0 Å². The lowest BCUT2D eigenvalue weighted by molar-refractivity contribution is 0.317. The Morgan fingerprint density at radius 2 is 1.84 bits per heavy atom. The lowest BCUT2D eigenvalue weighted by Gasteiger charge is -2.07. The molecule has 0 saturated heterocycles. The number of anilines is 1. The molecule has 0 unspecified atom stereocenters. The van der Waals surface area contributed by atoms with E-state index in [9.17, 15) is 0 Å². The van der Waals surface area contributed by atoms with Crippen molar-refractivity contribution in [3.05, 3.63) is 36.5 Å². The fraction of sp³-hybridized carbons (Fsp3) is 0.286. The van der Waals surface area contributed by atoms with E-state index in [1.54, 1.807) is 19.3 Å². The Labute approximate surface area is 112 Å². The van der Waals surface area contributed by atoms with Crippen LogP contribution >= 0.6 is 0 Å². The Hall–Kier alpha value is -2.30. The fourth-order valence-corrected chi connectivity index (χ4v) is 1.46. The molecule has 0 aliphatic carbocycles. The van der Waals surface area contributed by atoms with Crippen LogP contribution in [0.1, 0.15) is 13.3 Å². The van der Waals surface area contributed by atoms with E-state index in [4.69, 9.17) is 9.47 Å². The third-order valence-corrected chi connectivity index (χ3v) is 2.37. The second-order valence-corrected chi connectivity index (χ2v) is 3.89. The molecule has 2 aromatic rings. The van der Waals surface area contributed by atoms with E-state index in [0.29, 0.717) is 17.6 Å². The summed E-state index contributed by atoms with van der Waals surface area (Å²) in [6.45, 7) is 2.80. The molecule has 2 rings (SSSR count). The van der Waals surface area contributed by atoms with Gasteiger partial charge in [0, 0.05) is 19.3 Å². The number of nitrogens with zero attached hydrogens (tertiary/aromatic N) is 2. The average molecular weight is 259 g/mol. The van der Waals surface area contributed by atoms with Crippen LogP contribution in [0.3, 0.4) is 0 Å². The topological polar surface area (TPSA) is 56.3 Å². The summed E-state index contributed by atoms with van der Waals surface area (Å²) in [5.74, 6) is 2.58. The Bertz CT molecular complexity index is 514. The molecule has 5 heteroatoms. The summed E-state index contributed by atoms with van der Waals surface area (Å²) in [6, 6.07) is 9.18. The predicted molar refractivity (Wildman–Crippen MR) is 73.9 cm³/mol. The molecule has 0 fully saturated rings. The van der Waals surface area contributed by atoms with E-state index < -0.39 is 0 Å². The van der Waals surface area contributed by atoms with Gasteiger partial charge in [-0.3, -0.25) is 0 Å². The van der Waals surface area contributed by atoms with Crippen molar-refractivity contribution in [1.29, 1.82) is 0 Å². The molecule has 0 aliphatic rings. The molecule has 1 aromatic carbocycles. The van der Waals surface area contributed by atoms with Crippen molar-refractivity contribution < 1.29 is 9.47 Å². The van der Waals surface area contributed by atoms with Gasteiger partial charge >= 0.3 is 0 Å². The van der Waals surface area contributed by atoms with Crippen LogP contribution in [0, 0.1) is 0 Å². The van der Waals surface area contributed by atoms with Gasteiger partial charge in [-0.25, -0.2) is 4.98 Å². The summed E-state index contributed by atoms with van der Waals surface area (Å²) < 4.78 is 11.1. The molecule has 1 heterocycles. The van der Waals surface area contributed by atoms with Crippen LogP contribution in [0.15, 0.2) is 36.5 Å². The molecule has 1 aromatic heterocycles. The van der Waals surface area contributed by atoms with Gasteiger partial charge in [0.25, 0.3) is 0 Å². The summed E-state index contributed by atoms with van der Waals surface area (Å²) in [7, 11) is 1.76. The molecule has 0 saturated carbocycles. The maximum atomic E-state index is 5.63. The minimum Gasteiger partial charge on any atom is -0.494 e. The molecule has 1 N–H and O–H groups in total. The highest BCUT2D eigenvalue weighted by atomic mass is 16.5. The number of benzene rings is 1. The molecule has 0 atom stereocenters. The van der Waals surface area contributed by atoms with Gasteiger partial charge in [-0.2, -0.15) is 4.98 Å². The summed E-state index contributed by atoms with van der Waals surface area (Å²) >= 11 is 0. The third-order valence-electron chi connectivity index (χ3n) is 2.37. The van der Waals surface area contributed by atoms with Gasteiger partial charge in [-0.05, 0) is 30.7 Å². The Kier molecular flexibility index (Phi) is 4.55. The molecule has 0 amide bonds. The van der Waals surface area contributed by atoms with Crippen LogP contribution in [-0.4, -0.2) is 23.6 Å². The Morgan fingerprint density at radius 3 is 2.53 bits per heavy atom. The average Bonchev–Trinajstić information content (AvgIpc) is 2.47. The smallest absolute Gasteiger partial charge is 0.225 e. The highest BCUT2D eigenvalue weighted by molar-refractivity contribution is 5.34. The summed E-state index contributed by atoms with van der Waals surface area (Å²) in [4.78, 5) is 8.21. The van der Waals surface area contributed by atoms with Gasteiger partial charge in [0.05, 0.1) is 6.61 Å². The van der Waals surface area contributed by atoms with E-state index in [1.807, 2.05) is 24.3 Å². The minimum atomic E-state index is 0.501. The van der Waals surface area contributed by atoms with Crippen LogP contribution in [0.4, 0.5) is 5.95 Å². The highest BCUT2D eigenvalue weighted by Crippen LogP contribution is 2.22. The van der Waals surface area contributed by atoms with Crippen molar-refractivity contribution in [2.45, 2.75) is 13.3 Å². The molecule has 5 nitrogen and oxygen atoms in total. The monoisotopic (exact) mass is 259 g/mol. The Balaban J connectivity index is 2.02.